The minimum atomic E-state index is -4.52. The third-order valence-electron chi connectivity index (χ3n) is 4.14. The molecule has 0 aliphatic carbocycles. The van der Waals surface area contributed by atoms with E-state index >= 15 is 0 Å². The molecule has 1 N–H and O–H groups in total. The van der Waals surface area contributed by atoms with Gasteiger partial charge < -0.3 is 14.8 Å². The van der Waals surface area contributed by atoms with Crippen molar-refractivity contribution in [3.8, 4) is 11.4 Å². The zero-order valence-corrected chi connectivity index (χ0v) is 17.1. The molecule has 31 heavy (non-hydrogen) atoms. The van der Waals surface area contributed by atoms with E-state index in [1.165, 1.54) is 25.4 Å². The summed E-state index contributed by atoms with van der Waals surface area (Å²) >= 11 is 1.57. The molecule has 0 spiro atoms. The SMILES string of the molecule is COc1cn(-c2cccc(C(F)(F)F)c2)nc1C(=O)OCC(=O)NCCc1cccs1. The van der Waals surface area contributed by atoms with E-state index in [1.807, 2.05) is 17.5 Å². The van der Waals surface area contributed by atoms with Crippen molar-refractivity contribution < 1.29 is 32.2 Å². The van der Waals surface area contributed by atoms with Crippen molar-refractivity contribution in [2.75, 3.05) is 20.3 Å². The molecule has 0 aliphatic rings. The number of alkyl halides is 3. The van der Waals surface area contributed by atoms with Gasteiger partial charge in [-0.25, -0.2) is 9.48 Å². The van der Waals surface area contributed by atoms with Crippen molar-refractivity contribution in [3.63, 3.8) is 0 Å². The molecule has 0 atom stereocenters. The number of rotatable bonds is 8. The van der Waals surface area contributed by atoms with E-state index in [2.05, 4.69) is 10.4 Å². The van der Waals surface area contributed by atoms with Crippen LogP contribution >= 0.6 is 11.3 Å². The number of thiophene rings is 1. The van der Waals surface area contributed by atoms with Crippen LogP contribution < -0.4 is 10.1 Å². The number of benzene rings is 1. The van der Waals surface area contributed by atoms with Crippen molar-refractivity contribution in [1.82, 2.24) is 15.1 Å². The number of hydrogen-bond donors (Lipinski definition) is 1. The molecule has 3 aromatic rings. The molecular weight excluding hydrogens is 435 g/mol. The molecule has 0 aliphatic heterocycles. The highest BCUT2D eigenvalue weighted by Gasteiger charge is 2.31. The summed E-state index contributed by atoms with van der Waals surface area (Å²) in [7, 11) is 1.28. The Kier molecular flexibility index (Phi) is 6.95. The van der Waals surface area contributed by atoms with Crippen LogP contribution in [0.4, 0.5) is 13.2 Å². The lowest BCUT2D eigenvalue weighted by Crippen LogP contribution is -2.30. The highest BCUT2D eigenvalue weighted by atomic mass is 32.1. The van der Waals surface area contributed by atoms with Gasteiger partial charge >= 0.3 is 12.1 Å². The van der Waals surface area contributed by atoms with Crippen LogP contribution in [0.25, 0.3) is 5.69 Å². The predicted molar refractivity (Wildman–Crippen MR) is 106 cm³/mol. The summed E-state index contributed by atoms with van der Waals surface area (Å²) in [6.45, 7) is -0.132. The van der Waals surface area contributed by atoms with Gasteiger partial charge in [0, 0.05) is 11.4 Å². The van der Waals surface area contributed by atoms with Gasteiger partial charge in [-0.1, -0.05) is 12.1 Å². The van der Waals surface area contributed by atoms with Gasteiger partial charge in [0.1, 0.15) is 0 Å². The maximum Gasteiger partial charge on any atom is 0.416 e. The van der Waals surface area contributed by atoms with Crippen molar-refractivity contribution in [2.24, 2.45) is 0 Å². The fourth-order valence-corrected chi connectivity index (χ4v) is 3.35. The number of aromatic nitrogens is 2. The second kappa shape index (κ2) is 9.65. The van der Waals surface area contributed by atoms with Crippen LogP contribution in [-0.4, -0.2) is 41.9 Å². The standard InChI is InChI=1S/C20H18F3N3O4S/c1-29-16-11-26(14-5-2-4-13(10-14)20(21,22)23)25-18(16)19(28)30-12-17(27)24-8-7-15-6-3-9-31-15/h2-6,9-11H,7-8,12H2,1H3,(H,24,27). The van der Waals surface area contributed by atoms with Crippen LogP contribution in [-0.2, 0) is 22.1 Å². The number of carbonyl (C=O) groups is 2. The van der Waals surface area contributed by atoms with Gasteiger partial charge in [-0.3, -0.25) is 4.79 Å². The first-order valence-electron chi connectivity index (χ1n) is 9.05. The molecule has 1 aromatic carbocycles. The van der Waals surface area contributed by atoms with Gasteiger partial charge in [0.05, 0.1) is 24.6 Å². The first kappa shape index (κ1) is 22.3. The average molecular weight is 453 g/mol. The van der Waals surface area contributed by atoms with Crippen molar-refractivity contribution >= 4 is 23.2 Å². The van der Waals surface area contributed by atoms with Crippen LogP contribution in [0.2, 0.25) is 0 Å². The largest absolute Gasteiger partial charge is 0.493 e. The Labute approximate surface area is 179 Å². The first-order chi connectivity index (χ1) is 14.8. The molecule has 0 fully saturated rings. The fraction of sp³-hybridized carbons (Fsp3) is 0.250. The molecule has 0 saturated carbocycles. The number of carbonyl (C=O) groups excluding carboxylic acids is 2. The fourth-order valence-electron chi connectivity index (χ4n) is 2.64. The maximum absolute atomic E-state index is 12.9. The molecule has 0 unspecified atom stereocenters. The topological polar surface area (TPSA) is 82.5 Å². The minimum Gasteiger partial charge on any atom is -0.493 e. The van der Waals surface area contributed by atoms with E-state index in [0.29, 0.717) is 13.0 Å². The molecule has 3 rings (SSSR count). The first-order valence-corrected chi connectivity index (χ1v) is 9.93. The number of hydrogen-bond acceptors (Lipinski definition) is 6. The van der Waals surface area contributed by atoms with Crippen molar-refractivity contribution in [3.05, 3.63) is 64.1 Å². The molecule has 1 amide bonds. The second-order valence-electron chi connectivity index (χ2n) is 6.29. The summed E-state index contributed by atoms with van der Waals surface area (Å²) in [5, 5.41) is 8.54. The lowest BCUT2D eigenvalue weighted by molar-refractivity contribution is -0.137. The summed E-state index contributed by atoms with van der Waals surface area (Å²) < 4.78 is 49.9. The van der Waals surface area contributed by atoms with Gasteiger partial charge in [0.25, 0.3) is 5.91 Å². The Morgan fingerprint density at radius 3 is 2.71 bits per heavy atom. The third-order valence-corrected chi connectivity index (χ3v) is 5.08. The van der Waals surface area contributed by atoms with Crippen molar-refractivity contribution in [1.29, 1.82) is 0 Å². The highest BCUT2D eigenvalue weighted by molar-refractivity contribution is 7.09. The lowest BCUT2D eigenvalue weighted by Gasteiger charge is -2.08. The summed E-state index contributed by atoms with van der Waals surface area (Å²) in [5.41, 5.74) is -1.03. The molecular formula is C20H18F3N3O4S. The smallest absolute Gasteiger partial charge is 0.416 e. The summed E-state index contributed by atoms with van der Waals surface area (Å²) in [6.07, 6.45) is -2.61. The van der Waals surface area contributed by atoms with E-state index in [9.17, 15) is 22.8 Å². The number of methoxy groups -OCH3 is 1. The van der Waals surface area contributed by atoms with Gasteiger partial charge in [-0.15, -0.1) is 11.3 Å². The number of ether oxygens (including phenoxy) is 2. The summed E-state index contributed by atoms with van der Waals surface area (Å²) in [6, 6.07) is 8.31. The Morgan fingerprint density at radius 2 is 2.03 bits per heavy atom. The predicted octanol–water partition coefficient (Wildman–Crippen LogP) is 3.48. The Balaban J connectivity index is 1.62. The number of nitrogens with zero attached hydrogens (tertiary/aromatic N) is 2. The van der Waals surface area contributed by atoms with Crippen LogP contribution in [0, 0.1) is 0 Å². The molecule has 164 valence electrons. The van der Waals surface area contributed by atoms with E-state index < -0.39 is 30.2 Å². The Hall–Kier alpha value is -3.34. The second-order valence-corrected chi connectivity index (χ2v) is 7.33. The van der Waals surface area contributed by atoms with E-state index in [1.54, 1.807) is 11.3 Å². The van der Waals surface area contributed by atoms with Gasteiger partial charge in [0.2, 0.25) is 5.69 Å². The van der Waals surface area contributed by atoms with Crippen LogP contribution in [0.3, 0.4) is 0 Å². The van der Waals surface area contributed by atoms with Crippen LogP contribution in [0.15, 0.2) is 48.0 Å². The minimum absolute atomic E-state index is 0.000477. The van der Waals surface area contributed by atoms with Crippen LogP contribution in [0.5, 0.6) is 5.75 Å². The zero-order valence-electron chi connectivity index (χ0n) is 16.3. The number of nitrogens with one attached hydrogen (secondary N) is 1. The highest BCUT2D eigenvalue weighted by Crippen LogP contribution is 2.30. The lowest BCUT2D eigenvalue weighted by atomic mass is 10.2. The summed E-state index contributed by atoms with van der Waals surface area (Å²) in [5.74, 6) is -1.42. The van der Waals surface area contributed by atoms with Gasteiger partial charge in [0.15, 0.2) is 12.4 Å². The Bertz CT molecular complexity index is 1050. The normalized spacial score (nSPS) is 11.2. The van der Waals surface area contributed by atoms with E-state index in [-0.39, 0.29) is 17.1 Å². The quantitative estimate of drug-likeness (QED) is 0.528. The van der Waals surface area contributed by atoms with Crippen LogP contribution in [0.1, 0.15) is 20.9 Å². The Morgan fingerprint density at radius 1 is 1.23 bits per heavy atom. The maximum atomic E-state index is 12.9. The van der Waals surface area contributed by atoms with Gasteiger partial charge in [-0.05, 0) is 36.1 Å². The third kappa shape index (κ3) is 5.85. The molecule has 0 saturated heterocycles. The molecule has 2 aromatic heterocycles. The summed E-state index contributed by atoms with van der Waals surface area (Å²) in [4.78, 5) is 25.3. The monoisotopic (exact) mass is 453 g/mol. The number of esters is 1. The van der Waals surface area contributed by atoms with E-state index in [4.69, 9.17) is 9.47 Å². The number of amides is 1. The molecule has 11 heteroatoms. The van der Waals surface area contributed by atoms with Crippen molar-refractivity contribution in [2.45, 2.75) is 12.6 Å². The average Bonchev–Trinajstić information content (AvgIpc) is 3.41. The number of halogens is 3. The molecule has 0 radical (unpaired) electrons. The molecule has 0 bridgehead atoms. The molecule has 2 heterocycles. The molecule has 7 nitrogen and oxygen atoms in total. The van der Waals surface area contributed by atoms with E-state index in [0.717, 1.165) is 21.7 Å². The zero-order chi connectivity index (χ0) is 22.4. The van der Waals surface area contributed by atoms with Gasteiger partial charge in [-0.2, -0.15) is 18.3 Å².